The highest BCUT2D eigenvalue weighted by atomic mass is 16.5. The van der Waals surface area contributed by atoms with E-state index in [0.717, 1.165) is 34.4 Å². The lowest BCUT2D eigenvalue weighted by molar-refractivity contribution is 0.485. The summed E-state index contributed by atoms with van der Waals surface area (Å²) in [6.07, 6.45) is 0. The van der Waals surface area contributed by atoms with Crippen LogP contribution in [0.3, 0.4) is 0 Å². The van der Waals surface area contributed by atoms with Crippen molar-refractivity contribution >= 4 is 133 Å². The third kappa shape index (κ3) is 5.56. The summed E-state index contributed by atoms with van der Waals surface area (Å²) in [5.74, 6) is 3.61. The van der Waals surface area contributed by atoms with Crippen LogP contribution in [-0.4, -0.2) is 31.7 Å². The Hall–Kier alpha value is -12.0. The van der Waals surface area contributed by atoms with Gasteiger partial charge in [0.25, 0.3) is 13.4 Å². The maximum atomic E-state index is 7.45. The average molecular weight is 1180 g/mol. The molecular formula is C85H46B2N4O2. The Labute approximate surface area is 532 Å². The van der Waals surface area contributed by atoms with Gasteiger partial charge in [-0.25, -0.2) is 0 Å². The molecule has 14 aromatic carbocycles. The van der Waals surface area contributed by atoms with E-state index in [4.69, 9.17) is 9.47 Å². The first-order valence-electron chi connectivity index (χ1n) is 32.5. The van der Waals surface area contributed by atoms with Crippen molar-refractivity contribution in [3.05, 3.63) is 301 Å². The summed E-state index contributed by atoms with van der Waals surface area (Å²) in [5.41, 5.74) is 31.1. The van der Waals surface area contributed by atoms with E-state index in [0.29, 0.717) is 0 Å². The molecule has 8 heterocycles. The number of benzene rings is 14. The first-order valence-corrected chi connectivity index (χ1v) is 32.5. The summed E-state index contributed by atoms with van der Waals surface area (Å²) in [5, 5.41) is 10.0. The molecule has 6 aliphatic rings. The predicted octanol–water partition coefficient (Wildman–Crippen LogP) is 16.3. The number of rotatable bonds is 2. The quantitative estimate of drug-likeness (QED) is 0.162. The molecule has 4 aliphatic heterocycles. The molecule has 0 radical (unpaired) electrons. The van der Waals surface area contributed by atoms with Gasteiger partial charge in [0.1, 0.15) is 23.0 Å². The van der Waals surface area contributed by atoms with Crippen molar-refractivity contribution in [2.45, 2.75) is 5.41 Å². The van der Waals surface area contributed by atoms with Gasteiger partial charge in [-0.3, -0.25) is 0 Å². The Morgan fingerprint density at radius 1 is 0.247 bits per heavy atom. The molecule has 93 heavy (non-hydrogen) atoms. The first kappa shape index (κ1) is 47.9. The molecule has 4 aromatic heterocycles. The Balaban J connectivity index is 0.692. The lowest BCUT2D eigenvalue weighted by Gasteiger charge is -2.36. The zero-order valence-electron chi connectivity index (χ0n) is 49.8. The van der Waals surface area contributed by atoms with Crippen LogP contribution in [0.1, 0.15) is 22.3 Å². The molecule has 0 atom stereocenters. The van der Waals surface area contributed by atoms with Crippen LogP contribution in [0, 0.1) is 0 Å². The normalized spacial score (nSPS) is 14.2. The van der Waals surface area contributed by atoms with Crippen LogP contribution in [-0.2, 0) is 5.41 Å². The molecule has 0 fully saturated rings. The number of ether oxygens (including phenoxy) is 2. The van der Waals surface area contributed by atoms with Gasteiger partial charge < -0.3 is 27.7 Å². The predicted molar refractivity (Wildman–Crippen MR) is 382 cm³/mol. The van der Waals surface area contributed by atoms with E-state index >= 15 is 0 Å². The second-order valence-corrected chi connectivity index (χ2v) is 26.5. The topological polar surface area (TPSA) is 38.2 Å². The molecule has 0 amide bonds. The van der Waals surface area contributed by atoms with Gasteiger partial charge in [-0.2, -0.15) is 0 Å². The minimum atomic E-state index is -0.668. The SMILES string of the molecule is c1ccc2c(c1)-c1cc3c(cc1C21c2ccccc2-c2cc4c(cc21)Oc1cccc2c1B4c1cccc4c5cc(-n6c7ccccc7c7ccccc76)ccc5n-2c14)Oc1cccc2c1B3c1cccc3c4cc(-n5c6ccccc6c6ccccc65)ccc4n-2c13. The van der Waals surface area contributed by atoms with Crippen molar-refractivity contribution in [2.24, 2.45) is 0 Å². The molecular weight excluding hydrogens is 1130 g/mol. The minimum absolute atomic E-state index is 0.0689. The molecule has 0 bridgehead atoms. The fourth-order valence-electron chi connectivity index (χ4n) is 19.1. The molecule has 0 saturated carbocycles. The summed E-state index contributed by atoms with van der Waals surface area (Å²) >= 11 is 0. The van der Waals surface area contributed by atoms with Crippen LogP contribution in [0.2, 0.25) is 0 Å². The Morgan fingerprint density at radius 3 is 1.06 bits per heavy atom. The molecule has 0 unspecified atom stereocenters. The van der Waals surface area contributed by atoms with Gasteiger partial charge in [0.05, 0.1) is 38.5 Å². The second kappa shape index (κ2) is 16.5. The van der Waals surface area contributed by atoms with Gasteiger partial charge in [0.2, 0.25) is 0 Å². The highest BCUT2D eigenvalue weighted by Gasteiger charge is 2.55. The van der Waals surface area contributed by atoms with E-state index in [9.17, 15) is 0 Å². The van der Waals surface area contributed by atoms with Gasteiger partial charge in [-0.1, -0.05) is 182 Å². The number of para-hydroxylation sites is 6. The number of aromatic nitrogens is 4. The Morgan fingerprint density at radius 2 is 0.624 bits per heavy atom. The van der Waals surface area contributed by atoms with E-state index in [1.165, 1.54) is 176 Å². The van der Waals surface area contributed by atoms with E-state index in [1.54, 1.807) is 0 Å². The van der Waals surface area contributed by atoms with Crippen LogP contribution in [0.4, 0.5) is 0 Å². The van der Waals surface area contributed by atoms with E-state index < -0.39 is 5.41 Å². The minimum Gasteiger partial charge on any atom is -0.458 e. The van der Waals surface area contributed by atoms with E-state index in [-0.39, 0.29) is 13.4 Å². The van der Waals surface area contributed by atoms with Gasteiger partial charge in [-0.05, 0) is 174 Å². The van der Waals surface area contributed by atoms with Crippen molar-refractivity contribution in [3.8, 4) is 68.0 Å². The molecule has 0 saturated heterocycles. The van der Waals surface area contributed by atoms with E-state index in [1.807, 2.05) is 0 Å². The fraction of sp³-hybridized carbons (Fsp3) is 0.0118. The first-order chi connectivity index (χ1) is 46.2. The molecule has 24 rings (SSSR count). The zero-order valence-corrected chi connectivity index (χ0v) is 49.8. The largest absolute Gasteiger partial charge is 0.458 e. The summed E-state index contributed by atoms with van der Waals surface area (Å²) in [4.78, 5) is 0. The molecule has 424 valence electrons. The Kier molecular flexibility index (Phi) is 8.50. The summed E-state index contributed by atoms with van der Waals surface area (Å²) < 4.78 is 24.8. The number of hydrogen-bond acceptors (Lipinski definition) is 2. The number of nitrogens with zero attached hydrogens (tertiary/aromatic N) is 4. The lowest BCUT2D eigenvalue weighted by Crippen LogP contribution is -2.58. The van der Waals surface area contributed by atoms with Crippen LogP contribution in [0.25, 0.3) is 132 Å². The van der Waals surface area contributed by atoms with Crippen LogP contribution >= 0.6 is 0 Å². The van der Waals surface area contributed by atoms with Gasteiger partial charge in [-0.15, -0.1) is 0 Å². The third-order valence-electron chi connectivity index (χ3n) is 22.5. The molecule has 6 nitrogen and oxygen atoms in total. The standard InChI is InChI=1S/C85H46B2N4O2/c1-7-25-61-49(17-1)57-43-67-79(92-77-35-15-33-75-81(77)86(67)65-27-13-23-55-59-41-47(37-39-73(59)90(75)83(55)65)88-69-29-9-3-19-51(69)52-20-4-10-30-70(52)88)45-63(57)85(61)62-26-8-2-18-50(62)58-44-68-80(46-64(58)85)93-78-36-16-34-76-82(78)87(68)66-28-14-24-56-60-42-48(38-40-74(60)91(76)84(56)66)89-71-31-11-5-21-53(71)54-22-6-12-32-72(54)89/h1-46H. The van der Waals surface area contributed by atoms with Crippen LogP contribution in [0.15, 0.2) is 279 Å². The summed E-state index contributed by atoms with van der Waals surface area (Å²) in [7, 11) is 0. The second-order valence-electron chi connectivity index (χ2n) is 26.5. The number of fused-ring (bicyclic) bond motifs is 30. The maximum Gasteiger partial charge on any atom is 0.256 e. The summed E-state index contributed by atoms with van der Waals surface area (Å²) in [6, 6.07) is 105. The monoisotopic (exact) mass is 1180 g/mol. The molecule has 2 aliphatic carbocycles. The third-order valence-corrected chi connectivity index (χ3v) is 22.5. The van der Waals surface area contributed by atoms with Crippen molar-refractivity contribution in [1.29, 1.82) is 0 Å². The molecule has 18 aromatic rings. The van der Waals surface area contributed by atoms with Crippen LogP contribution in [0.5, 0.6) is 23.0 Å². The van der Waals surface area contributed by atoms with Crippen molar-refractivity contribution in [1.82, 2.24) is 18.3 Å². The van der Waals surface area contributed by atoms with Crippen molar-refractivity contribution in [2.75, 3.05) is 0 Å². The molecule has 8 heteroatoms. The van der Waals surface area contributed by atoms with Crippen molar-refractivity contribution in [3.63, 3.8) is 0 Å². The van der Waals surface area contributed by atoms with Crippen molar-refractivity contribution < 1.29 is 9.47 Å². The highest BCUT2D eigenvalue weighted by molar-refractivity contribution is 7.00. The van der Waals surface area contributed by atoms with Gasteiger partial charge >= 0.3 is 0 Å². The fourth-order valence-corrected chi connectivity index (χ4v) is 19.1. The molecule has 0 N–H and O–H groups in total. The van der Waals surface area contributed by atoms with Crippen LogP contribution < -0.4 is 42.3 Å². The number of hydrogen-bond donors (Lipinski definition) is 0. The lowest BCUT2D eigenvalue weighted by atomic mass is 9.34. The van der Waals surface area contributed by atoms with Gasteiger partial charge in [0.15, 0.2) is 0 Å². The zero-order chi connectivity index (χ0) is 59.8. The maximum absolute atomic E-state index is 7.45. The average Bonchev–Trinajstić information content (AvgIpc) is 1.71. The summed E-state index contributed by atoms with van der Waals surface area (Å²) in [6.45, 7) is -0.138. The van der Waals surface area contributed by atoms with Gasteiger partial charge in [0, 0.05) is 76.9 Å². The molecule has 1 spiro atoms. The Bertz CT molecular complexity index is 6110. The van der Waals surface area contributed by atoms with E-state index in [2.05, 4.69) is 297 Å². The highest BCUT2D eigenvalue weighted by Crippen LogP contribution is 2.64. The smallest absolute Gasteiger partial charge is 0.256 e.